The molecule has 1 aliphatic rings. The number of hydrogen-bond acceptors (Lipinski definition) is 2. The monoisotopic (exact) mass is 227 g/mol. The maximum atomic E-state index is 6.39. The Labute approximate surface area is 101 Å². The molecule has 0 amide bonds. The van der Waals surface area contributed by atoms with Gasteiger partial charge in [-0.25, -0.2) is 0 Å². The van der Waals surface area contributed by atoms with Crippen LogP contribution >= 0.6 is 0 Å². The summed E-state index contributed by atoms with van der Waals surface area (Å²) in [5.41, 5.74) is 6.39. The summed E-state index contributed by atoms with van der Waals surface area (Å²) in [6.07, 6.45) is 7.94. The van der Waals surface area contributed by atoms with Gasteiger partial charge in [-0.1, -0.05) is 33.1 Å². The summed E-state index contributed by atoms with van der Waals surface area (Å²) in [4.78, 5) is 0. The van der Waals surface area contributed by atoms with Crippen molar-refractivity contribution in [2.45, 2.75) is 58.4 Å². The fraction of sp³-hybridized carbons (Fsp3) is 1.00. The maximum Gasteiger partial charge on any atom is 0.0465 e. The Morgan fingerprint density at radius 3 is 2.75 bits per heavy atom. The van der Waals surface area contributed by atoms with E-state index >= 15 is 0 Å². The zero-order chi connectivity index (χ0) is 12.0. The molecule has 4 atom stereocenters. The van der Waals surface area contributed by atoms with Gasteiger partial charge >= 0.3 is 0 Å². The van der Waals surface area contributed by atoms with Gasteiger partial charge < -0.3 is 10.5 Å². The van der Waals surface area contributed by atoms with Crippen LogP contribution in [0.5, 0.6) is 0 Å². The smallest absolute Gasteiger partial charge is 0.0465 e. The predicted octanol–water partition coefficient (Wildman–Crippen LogP) is 3.20. The summed E-state index contributed by atoms with van der Waals surface area (Å²) in [6, 6.07) is 0.379. The molecular formula is C14H29NO. The first kappa shape index (κ1) is 14.0. The first-order valence-corrected chi connectivity index (χ1v) is 6.93. The summed E-state index contributed by atoms with van der Waals surface area (Å²) in [6.45, 7) is 5.44. The molecule has 16 heavy (non-hydrogen) atoms. The van der Waals surface area contributed by atoms with Gasteiger partial charge in [0.2, 0.25) is 0 Å². The van der Waals surface area contributed by atoms with E-state index in [0.29, 0.717) is 12.0 Å². The van der Waals surface area contributed by atoms with Gasteiger partial charge in [-0.15, -0.1) is 0 Å². The predicted molar refractivity (Wildman–Crippen MR) is 69.4 cm³/mol. The lowest BCUT2D eigenvalue weighted by molar-refractivity contribution is 0.149. The minimum absolute atomic E-state index is 0.379. The van der Waals surface area contributed by atoms with Crippen LogP contribution in [0.3, 0.4) is 0 Å². The van der Waals surface area contributed by atoms with Crippen LogP contribution in [0.2, 0.25) is 0 Å². The Bertz CT molecular complexity index is 184. The minimum Gasteiger partial charge on any atom is -0.385 e. The zero-order valence-electron chi connectivity index (χ0n) is 11.2. The lowest BCUT2D eigenvalue weighted by Crippen LogP contribution is -2.39. The lowest BCUT2D eigenvalue weighted by atomic mass is 9.74. The molecule has 0 radical (unpaired) electrons. The van der Waals surface area contributed by atoms with Gasteiger partial charge in [0.25, 0.3) is 0 Å². The third-order valence-corrected chi connectivity index (χ3v) is 4.38. The molecule has 0 aromatic heterocycles. The third kappa shape index (κ3) is 4.06. The molecule has 0 aliphatic heterocycles. The molecule has 1 rings (SSSR count). The molecule has 1 aliphatic carbocycles. The summed E-state index contributed by atoms with van der Waals surface area (Å²) in [5, 5.41) is 0. The van der Waals surface area contributed by atoms with Crippen molar-refractivity contribution >= 4 is 0 Å². The van der Waals surface area contributed by atoms with Crippen molar-refractivity contribution in [1.82, 2.24) is 0 Å². The minimum atomic E-state index is 0.379. The molecular weight excluding hydrogens is 198 g/mol. The first-order chi connectivity index (χ1) is 7.69. The fourth-order valence-corrected chi connectivity index (χ4v) is 3.01. The number of rotatable bonds is 6. The van der Waals surface area contributed by atoms with Gasteiger partial charge in [0.15, 0.2) is 0 Å². The van der Waals surface area contributed by atoms with Gasteiger partial charge in [0.05, 0.1) is 0 Å². The topological polar surface area (TPSA) is 35.2 Å². The number of methoxy groups -OCH3 is 1. The molecule has 1 saturated carbocycles. The van der Waals surface area contributed by atoms with Crippen molar-refractivity contribution in [3.05, 3.63) is 0 Å². The van der Waals surface area contributed by atoms with Crippen LogP contribution in [0.4, 0.5) is 0 Å². The van der Waals surface area contributed by atoms with Crippen LogP contribution in [0, 0.1) is 17.8 Å². The second-order valence-electron chi connectivity index (χ2n) is 5.54. The molecule has 0 heterocycles. The second kappa shape index (κ2) is 7.29. The van der Waals surface area contributed by atoms with E-state index in [2.05, 4.69) is 13.8 Å². The zero-order valence-corrected chi connectivity index (χ0v) is 11.2. The van der Waals surface area contributed by atoms with Crippen LogP contribution < -0.4 is 5.73 Å². The Hall–Kier alpha value is -0.0800. The normalized spacial score (nSPS) is 30.0. The molecule has 0 spiro atoms. The molecule has 0 bridgehead atoms. The average Bonchev–Trinajstić information content (AvgIpc) is 2.35. The van der Waals surface area contributed by atoms with E-state index in [1.54, 1.807) is 7.11 Å². The molecule has 96 valence electrons. The van der Waals surface area contributed by atoms with Crippen molar-refractivity contribution in [2.75, 3.05) is 13.7 Å². The first-order valence-electron chi connectivity index (χ1n) is 6.93. The summed E-state index contributed by atoms with van der Waals surface area (Å²) < 4.78 is 5.14. The van der Waals surface area contributed by atoms with Crippen LogP contribution in [0.15, 0.2) is 0 Å². The van der Waals surface area contributed by atoms with Crippen molar-refractivity contribution in [3.8, 4) is 0 Å². The number of nitrogens with two attached hydrogens (primary N) is 1. The van der Waals surface area contributed by atoms with Gasteiger partial charge in [-0.05, 0) is 37.0 Å². The van der Waals surface area contributed by atoms with Gasteiger partial charge in [0.1, 0.15) is 0 Å². The lowest BCUT2D eigenvalue weighted by Gasteiger charge is -2.35. The quantitative estimate of drug-likeness (QED) is 0.756. The van der Waals surface area contributed by atoms with Crippen molar-refractivity contribution in [1.29, 1.82) is 0 Å². The molecule has 0 aromatic rings. The molecule has 0 saturated heterocycles. The van der Waals surface area contributed by atoms with E-state index in [9.17, 15) is 0 Å². The number of ether oxygens (including phenoxy) is 1. The Kier molecular flexibility index (Phi) is 6.37. The van der Waals surface area contributed by atoms with Crippen LogP contribution in [0.25, 0.3) is 0 Å². The average molecular weight is 227 g/mol. The standard InChI is InChI=1S/C14H29NO/c1-4-12-6-5-7-13(10-12)14(15)11(2)8-9-16-3/h11-14H,4-10,15H2,1-3H3. The molecule has 2 heteroatoms. The van der Waals surface area contributed by atoms with Crippen LogP contribution in [-0.4, -0.2) is 19.8 Å². The molecule has 1 fully saturated rings. The van der Waals surface area contributed by atoms with Crippen LogP contribution in [-0.2, 0) is 4.74 Å². The van der Waals surface area contributed by atoms with Gasteiger partial charge in [-0.2, -0.15) is 0 Å². The van der Waals surface area contributed by atoms with Crippen molar-refractivity contribution in [2.24, 2.45) is 23.5 Å². The molecule has 2 N–H and O–H groups in total. The Morgan fingerprint density at radius 2 is 2.12 bits per heavy atom. The van der Waals surface area contributed by atoms with Gasteiger partial charge in [0, 0.05) is 19.8 Å². The summed E-state index contributed by atoms with van der Waals surface area (Å²) >= 11 is 0. The SMILES string of the molecule is CCC1CCCC(C(N)C(C)CCOC)C1. The highest BCUT2D eigenvalue weighted by Crippen LogP contribution is 2.34. The van der Waals surface area contributed by atoms with E-state index in [1.807, 2.05) is 0 Å². The van der Waals surface area contributed by atoms with E-state index in [0.717, 1.165) is 24.9 Å². The summed E-state index contributed by atoms with van der Waals surface area (Å²) in [7, 11) is 1.77. The van der Waals surface area contributed by atoms with Gasteiger partial charge in [-0.3, -0.25) is 0 Å². The highest BCUT2D eigenvalue weighted by molar-refractivity contribution is 4.83. The third-order valence-electron chi connectivity index (χ3n) is 4.38. The van der Waals surface area contributed by atoms with Crippen molar-refractivity contribution < 1.29 is 4.74 Å². The van der Waals surface area contributed by atoms with E-state index in [1.165, 1.54) is 32.1 Å². The highest BCUT2D eigenvalue weighted by Gasteiger charge is 2.28. The largest absolute Gasteiger partial charge is 0.385 e. The fourth-order valence-electron chi connectivity index (χ4n) is 3.01. The van der Waals surface area contributed by atoms with Crippen molar-refractivity contribution in [3.63, 3.8) is 0 Å². The number of hydrogen-bond donors (Lipinski definition) is 1. The second-order valence-corrected chi connectivity index (χ2v) is 5.54. The van der Waals surface area contributed by atoms with Crippen LogP contribution in [0.1, 0.15) is 52.4 Å². The molecule has 2 nitrogen and oxygen atoms in total. The molecule has 4 unspecified atom stereocenters. The summed E-state index contributed by atoms with van der Waals surface area (Å²) in [5.74, 6) is 2.28. The maximum absolute atomic E-state index is 6.39. The highest BCUT2D eigenvalue weighted by atomic mass is 16.5. The van der Waals surface area contributed by atoms with E-state index < -0.39 is 0 Å². The van der Waals surface area contributed by atoms with E-state index in [-0.39, 0.29) is 0 Å². The Morgan fingerprint density at radius 1 is 1.38 bits per heavy atom. The van der Waals surface area contributed by atoms with E-state index in [4.69, 9.17) is 10.5 Å². The Balaban J connectivity index is 2.36. The molecule has 0 aromatic carbocycles.